The van der Waals surface area contributed by atoms with Gasteiger partial charge < -0.3 is 29.8 Å². The lowest BCUT2D eigenvalue weighted by Gasteiger charge is -2.41. The second-order valence-electron chi connectivity index (χ2n) is 8.28. The van der Waals surface area contributed by atoms with Gasteiger partial charge in [0.05, 0.1) is 12.2 Å². The van der Waals surface area contributed by atoms with Crippen LogP contribution in [0.25, 0.3) is 10.9 Å². The fourth-order valence-electron chi connectivity index (χ4n) is 4.87. The number of ether oxygens (including phenoxy) is 2. The molecule has 3 aromatic rings. The molecule has 1 unspecified atom stereocenters. The monoisotopic (exact) mass is 423 g/mol. The maximum absolute atomic E-state index is 13.5. The fraction of sp³-hybridized carbons (Fsp3) is 0.375. The SMILES string of the molecule is O=C1c2ccc(OC[C@@H](O)C(O)CO)cc2C2(CCOCC2)c2[nH]c3ccccc3c21. The van der Waals surface area contributed by atoms with Crippen molar-refractivity contribution in [3.63, 3.8) is 0 Å². The number of aromatic nitrogens is 1. The van der Waals surface area contributed by atoms with Gasteiger partial charge in [-0.25, -0.2) is 0 Å². The van der Waals surface area contributed by atoms with E-state index >= 15 is 0 Å². The van der Waals surface area contributed by atoms with Crippen LogP contribution in [0.4, 0.5) is 0 Å². The highest BCUT2D eigenvalue weighted by atomic mass is 16.5. The summed E-state index contributed by atoms with van der Waals surface area (Å²) in [4.78, 5) is 17.0. The Hall–Kier alpha value is -2.71. The third kappa shape index (κ3) is 3.16. The number of aliphatic hydroxyl groups excluding tert-OH is 3. The lowest BCUT2D eigenvalue weighted by atomic mass is 9.64. The zero-order valence-corrected chi connectivity index (χ0v) is 17.0. The zero-order valence-electron chi connectivity index (χ0n) is 17.0. The van der Waals surface area contributed by atoms with Gasteiger partial charge in [0.15, 0.2) is 5.78 Å². The van der Waals surface area contributed by atoms with Crippen LogP contribution >= 0.6 is 0 Å². The summed E-state index contributed by atoms with van der Waals surface area (Å²) in [6.45, 7) is 0.474. The number of H-pyrrole nitrogens is 1. The predicted molar refractivity (Wildman–Crippen MR) is 114 cm³/mol. The van der Waals surface area contributed by atoms with Crippen molar-refractivity contribution in [3.8, 4) is 5.75 Å². The van der Waals surface area contributed by atoms with E-state index in [-0.39, 0.29) is 12.4 Å². The number of rotatable bonds is 5. The van der Waals surface area contributed by atoms with E-state index in [2.05, 4.69) is 4.98 Å². The van der Waals surface area contributed by atoms with Crippen molar-refractivity contribution in [1.82, 2.24) is 4.98 Å². The minimum atomic E-state index is -1.27. The summed E-state index contributed by atoms with van der Waals surface area (Å²) in [5, 5.41) is 29.4. The van der Waals surface area contributed by atoms with Gasteiger partial charge in [-0.05, 0) is 42.7 Å². The number of hydrogen-bond donors (Lipinski definition) is 4. The van der Waals surface area contributed by atoms with Crippen molar-refractivity contribution < 1.29 is 29.6 Å². The number of ketones is 1. The largest absolute Gasteiger partial charge is 0.491 e. The molecule has 0 radical (unpaired) electrons. The second-order valence-corrected chi connectivity index (χ2v) is 8.28. The number of carbonyl (C=O) groups is 1. The van der Waals surface area contributed by atoms with Gasteiger partial charge in [0.1, 0.15) is 24.6 Å². The molecule has 2 aromatic carbocycles. The van der Waals surface area contributed by atoms with Crippen LogP contribution in [0.5, 0.6) is 5.75 Å². The van der Waals surface area contributed by atoms with Crippen molar-refractivity contribution in [2.24, 2.45) is 0 Å². The van der Waals surface area contributed by atoms with Crippen molar-refractivity contribution in [2.75, 3.05) is 26.4 Å². The second kappa shape index (κ2) is 7.76. The fourth-order valence-corrected chi connectivity index (χ4v) is 4.87. The molecule has 162 valence electrons. The van der Waals surface area contributed by atoms with Crippen LogP contribution < -0.4 is 4.74 Å². The first-order chi connectivity index (χ1) is 15.0. The average Bonchev–Trinajstić information content (AvgIpc) is 3.22. The molecule has 2 atom stereocenters. The summed E-state index contributed by atoms with van der Waals surface area (Å²) in [6, 6.07) is 13.2. The molecule has 31 heavy (non-hydrogen) atoms. The van der Waals surface area contributed by atoms with Crippen molar-refractivity contribution in [2.45, 2.75) is 30.5 Å². The van der Waals surface area contributed by atoms with Crippen molar-refractivity contribution >= 4 is 16.7 Å². The summed E-state index contributed by atoms with van der Waals surface area (Å²) in [7, 11) is 0. The molecule has 1 fully saturated rings. The van der Waals surface area contributed by atoms with Gasteiger partial charge in [-0.3, -0.25) is 4.79 Å². The molecule has 2 heterocycles. The zero-order chi connectivity index (χ0) is 21.6. The lowest BCUT2D eigenvalue weighted by molar-refractivity contribution is -0.0339. The Balaban J connectivity index is 1.60. The van der Waals surface area contributed by atoms with Crippen LogP contribution in [0.3, 0.4) is 0 Å². The van der Waals surface area contributed by atoms with Gasteiger partial charge in [0.2, 0.25) is 0 Å². The molecular weight excluding hydrogens is 398 g/mol. The number of aromatic amines is 1. The average molecular weight is 423 g/mol. The minimum Gasteiger partial charge on any atom is -0.491 e. The van der Waals surface area contributed by atoms with Crippen molar-refractivity contribution in [3.05, 3.63) is 64.8 Å². The number of nitrogens with one attached hydrogen (secondary N) is 1. The molecular formula is C24H25NO6. The Morgan fingerprint density at radius 1 is 1.10 bits per heavy atom. The molecule has 1 saturated heterocycles. The molecule has 7 nitrogen and oxygen atoms in total. The number of fused-ring (bicyclic) bond motifs is 6. The summed E-state index contributed by atoms with van der Waals surface area (Å²) >= 11 is 0. The molecule has 0 saturated carbocycles. The van der Waals surface area contributed by atoms with E-state index in [4.69, 9.17) is 14.6 Å². The van der Waals surface area contributed by atoms with Crippen molar-refractivity contribution in [1.29, 1.82) is 0 Å². The van der Waals surface area contributed by atoms with Crippen LogP contribution in [-0.2, 0) is 10.2 Å². The molecule has 1 spiro atoms. The first kappa shape index (κ1) is 20.2. The molecule has 7 heteroatoms. The Morgan fingerprint density at radius 3 is 2.65 bits per heavy atom. The number of para-hydroxylation sites is 1. The third-order valence-electron chi connectivity index (χ3n) is 6.56. The molecule has 1 aromatic heterocycles. The van der Waals surface area contributed by atoms with E-state index in [1.54, 1.807) is 12.1 Å². The quantitative estimate of drug-likeness (QED) is 0.499. The highest BCUT2D eigenvalue weighted by Crippen LogP contribution is 2.50. The van der Waals surface area contributed by atoms with E-state index in [9.17, 15) is 15.0 Å². The van der Waals surface area contributed by atoms with Gasteiger partial charge in [0, 0.05) is 40.8 Å². The summed E-state index contributed by atoms with van der Waals surface area (Å²) < 4.78 is 11.4. The van der Waals surface area contributed by atoms with E-state index in [0.717, 1.165) is 40.6 Å². The summed E-state index contributed by atoms with van der Waals surface area (Å²) in [5.74, 6) is 0.489. The Bertz CT molecular complexity index is 1130. The smallest absolute Gasteiger partial charge is 0.195 e. The number of hydrogen-bond acceptors (Lipinski definition) is 6. The molecule has 0 bridgehead atoms. The van der Waals surface area contributed by atoms with Gasteiger partial charge >= 0.3 is 0 Å². The molecule has 1 aliphatic heterocycles. The maximum Gasteiger partial charge on any atom is 0.195 e. The van der Waals surface area contributed by atoms with E-state index in [1.807, 2.05) is 30.3 Å². The van der Waals surface area contributed by atoms with E-state index in [1.165, 1.54) is 0 Å². The van der Waals surface area contributed by atoms with Crippen LogP contribution in [0, 0.1) is 0 Å². The molecule has 1 aliphatic carbocycles. The molecule has 0 amide bonds. The van der Waals surface area contributed by atoms with E-state index < -0.39 is 24.2 Å². The van der Waals surface area contributed by atoms with Gasteiger partial charge in [-0.2, -0.15) is 0 Å². The van der Waals surface area contributed by atoms with Crippen LogP contribution in [0.2, 0.25) is 0 Å². The predicted octanol–water partition coefficient (Wildman–Crippen LogP) is 1.90. The minimum absolute atomic E-state index is 0.0122. The number of aliphatic hydroxyl groups is 3. The molecule has 4 N–H and O–H groups in total. The van der Waals surface area contributed by atoms with Gasteiger partial charge in [-0.1, -0.05) is 18.2 Å². The third-order valence-corrected chi connectivity index (χ3v) is 6.56. The van der Waals surface area contributed by atoms with Gasteiger partial charge in [0.25, 0.3) is 0 Å². The summed E-state index contributed by atoms with van der Waals surface area (Å²) in [6.07, 6.45) is -1.000. The first-order valence-electron chi connectivity index (χ1n) is 10.5. The number of carbonyl (C=O) groups excluding carboxylic acids is 1. The van der Waals surface area contributed by atoms with E-state index in [0.29, 0.717) is 24.5 Å². The Kier molecular flexibility index (Phi) is 5.06. The van der Waals surface area contributed by atoms with Crippen LogP contribution in [-0.4, -0.2) is 64.7 Å². The normalized spacial score (nSPS) is 19.1. The van der Waals surface area contributed by atoms with Gasteiger partial charge in [-0.15, -0.1) is 0 Å². The lowest BCUT2D eigenvalue weighted by Crippen LogP contribution is -2.40. The molecule has 5 rings (SSSR count). The maximum atomic E-state index is 13.5. The number of benzene rings is 2. The highest BCUT2D eigenvalue weighted by molar-refractivity contribution is 6.20. The summed E-state index contributed by atoms with van der Waals surface area (Å²) in [5.41, 5.74) is 3.77. The van der Waals surface area contributed by atoms with Crippen LogP contribution in [0.1, 0.15) is 40.0 Å². The topological polar surface area (TPSA) is 112 Å². The standard InChI is InChI=1S/C24H25NO6/c26-12-19(27)20(28)13-31-14-5-6-15-17(11-14)24(7-9-30-10-8-24)23-21(22(15)29)16-3-1-2-4-18(16)25-23/h1-6,11,19-20,25-28H,7-10,12-13H2/t19?,20-/m1/s1. The van der Waals surface area contributed by atoms with Crippen LogP contribution in [0.15, 0.2) is 42.5 Å². The highest BCUT2D eigenvalue weighted by Gasteiger charge is 2.46. The Labute approximate surface area is 179 Å². The Morgan fingerprint density at radius 2 is 1.87 bits per heavy atom. The molecule has 2 aliphatic rings. The first-order valence-corrected chi connectivity index (χ1v) is 10.5.